The molecule has 17 heavy (non-hydrogen) atoms. The van der Waals surface area contributed by atoms with Crippen molar-refractivity contribution >= 4 is 12.1 Å². The fraction of sp³-hybridized carbons (Fsp3) is 0.357. The highest BCUT2D eigenvalue weighted by atomic mass is 16.2. The molecule has 92 valence electrons. The van der Waals surface area contributed by atoms with E-state index in [0.717, 1.165) is 18.7 Å². The van der Waals surface area contributed by atoms with Crippen LogP contribution in [0.25, 0.3) is 6.08 Å². The largest absolute Gasteiger partial charge is 0.325 e. The highest BCUT2D eigenvalue weighted by Gasteiger charge is 2.05. The number of hydrogen-bond acceptors (Lipinski definition) is 1. The van der Waals surface area contributed by atoms with Gasteiger partial charge < -0.3 is 10.2 Å². The van der Waals surface area contributed by atoms with Crippen LogP contribution >= 0.6 is 0 Å². The molecule has 0 aliphatic rings. The van der Waals surface area contributed by atoms with Gasteiger partial charge in [0.15, 0.2) is 0 Å². The first-order valence-electron chi connectivity index (χ1n) is 5.96. The Morgan fingerprint density at radius 2 is 1.94 bits per heavy atom. The zero-order valence-corrected chi connectivity index (χ0v) is 10.7. The zero-order chi connectivity index (χ0) is 12.7. The summed E-state index contributed by atoms with van der Waals surface area (Å²) < 4.78 is 0. The van der Waals surface area contributed by atoms with Gasteiger partial charge in [-0.1, -0.05) is 24.3 Å². The third-order valence-electron chi connectivity index (χ3n) is 2.71. The highest BCUT2D eigenvalue weighted by Crippen LogP contribution is 2.07. The molecule has 0 saturated carbocycles. The van der Waals surface area contributed by atoms with Crippen molar-refractivity contribution in [1.82, 2.24) is 10.2 Å². The summed E-state index contributed by atoms with van der Waals surface area (Å²) in [4.78, 5) is 13.4. The van der Waals surface area contributed by atoms with Crippen LogP contribution in [-0.2, 0) is 0 Å². The Hall–Kier alpha value is -1.77. The molecule has 0 unspecified atom stereocenters. The molecule has 1 aromatic rings. The third kappa shape index (κ3) is 3.94. The minimum Gasteiger partial charge on any atom is -0.325 e. The fourth-order valence-electron chi connectivity index (χ4n) is 1.58. The van der Waals surface area contributed by atoms with Crippen LogP contribution in [0.1, 0.15) is 25.0 Å². The summed E-state index contributed by atoms with van der Waals surface area (Å²) >= 11 is 0. The van der Waals surface area contributed by atoms with Crippen molar-refractivity contribution in [2.45, 2.75) is 20.8 Å². The highest BCUT2D eigenvalue weighted by molar-refractivity contribution is 5.76. The van der Waals surface area contributed by atoms with Crippen molar-refractivity contribution in [3.63, 3.8) is 0 Å². The minimum absolute atomic E-state index is 0.0557. The van der Waals surface area contributed by atoms with Gasteiger partial charge in [-0.15, -0.1) is 0 Å². The lowest BCUT2D eigenvalue weighted by Crippen LogP contribution is -2.37. The molecule has 1 rings (SSSR count). The first-order valence-corrected chi connectivity index (χ1v) is 5.96. The number of urea groups is 1. The molecule has 1 N–H and O–H groups in total. The molecule has 0 aliphatic carbocycles. The number of rotatable bonds is 4. The summed E-state index contributed by atoms with van der Waals surface area (Å²) in [7, 11) is 0. The summed E-state index contributed by atoms with van der Waals surface area (Å²) in [6.07, 6.45) is 3.61. The standard InChI is InChI=1S/C14H20N2O/c1-4-16(5-2)14(17)15-11-10-13-9-7-6-8-12(13)3/h6-11H,4-5H2,1-3H3,(H,15,17)/b11-10+. The average molecular weight is 232 g/mol. The second kappa shape index (κ2) is 6.74. The zero-order valence-electron chi connectivity index (χ0n) is 10.7. The summed E-state index contributed by atoms with van der Waals surface area (Å²) in [5.41, 5.74) is 2.31. The van der Waals surface area contributed by atoms with Crippen LogP contribution in [-0.4, -0.2) is 24.0 Å². The van der Waals surface area contributed by atoms with Crippen LogP contribution in [0.15, 0.2) is 30.5 Å². The number of nitrogens with zero attached hydrogens (tertiary/aromatic N) is 1. The van der Waals surface area contributed by atoms with Gasteiger partial charge in [-0.2, -0.15) is 0 Å². The van der Waals surface area contributed by atoms with Gasteiger partial charge in [0.1, 0.15) is 0 Å². The summed E-state index contributed by atoms with van der Waals surface area (Å²) in [5, 5.41) is 2.77. The lowest BCUT2D eigenvalue weighted by molar-refractivity contribution is 0.207. The van der Waals surface area contributed by atoms with E-state index in [9.17, 15) is 4.79 Å². The minimum atomic E-state index is -0.0557. The second-order valence-corrected chi connectivity index (χ2v) is 3.81. The third-order valence-corrected chi connectivity index (χ3v) is 2.71. The molecule has 0 saturated heterocycles. The Bertz CT molecular complexity index is 395. The van der Waals surface area contributed by atoms with Crippen LogP contribution < -0.4 is 5.32 Å². The molecule has 0 spiro atoms. The molecule has 0 radical (unpaired) electrons. The average Bonchev–Trinajstić information content (AvgIpc) is 2.33. The quantitative estimate of drug-likeness (QED) is 0.850. The van der Waals surface area contributed by atoms with E-state index in [0.29, 0.717) is 0 Å². The summed E-state index contributed by atoms with van der Waals surface area (Å²) in [6, 6.07) is 8.00. The lowest BCUT2D eigenvalue weighted by atomic mass is 10.1. The maximum Gasteiger partial charge on any atom is 0.321 e. The molecular formula is C14H20N2O. The first-order chi connectivity index (χ1) is 8.19. The number of carbonyl (C=O) groups is 1. The number of aryl methyl sites for hydroxylation is 1. The smallest absolute Gasteiger partial charge is 0.321 e. The Morgan fingerprint density at radius 3 is 2.53 bits per heavy atom. The van der Waals surface area contributed by atoms with Gasteiger partial charge in [0, 0.05) is 19.3 Å². The van der Waals surface area contributed by atoms with E-state index in [1.165, 1.54) is 5.56 Å². The molecule has 0 aromatic heterocycles. The predicted octanol–water partition coefficient (Wildman–Crippen LogP) is 3.02. The van der Waals surface area contributed by atoms with Crippen molar-refractivity contribution in [2.75, 3.05) is 13.1 Å². The van der Waals surface area contributed by atoms with E-state index in [1.54, 1.807) is 11.1 Å². The van der Waals surface area contributed by atoms with E-state index >= 15 is 0 Å². The Balaban J connectivity index is 2.56. The molecule has 0 heterocycles. The second-order valence-electron chi connectivity index (χ2n) is 3.81. The maximum atomic E-state index is 11.6. The van der Waals surface area contributed by atoms with Crippen molar-refractivity contribution in [1.29, 1.82) is 0 Å². The van der Waals surface area contributed by atoms with Crippen LogP contribution in [0, 0.1) is 6.92 Å². The SMILES string of the molecule is CCN(CC)C(=O)N/C=C/c1ccccc1C. The molecule has 0 fully saturated rings. The Morgan fingerprint density at radius 1 is 1.29 bits per heavy atom. The van der Waals surface area contributed by atoms with Crippen LogP contribution in [0.2, 0.25) is 0 Å². The van der Waals surface area contributed by atoms with Crippen molar-refractivity contribution < 1.29 is 4.79 Å². The van der Waals surface area contributed by atoms with E-state index in [2.05, 4.69) is 5.32 Å². The number of hydrogen-bond donors (Lipinski definition) is 1. The van der Waals surface area contributed by atoms with Crippen LogP contribution in [0.4, 0.5) is 4.79 Å². The number of carbonyl (C=O) groups excluding carboxylic acids is 1. The van der Waals surface area contributed by atoms with Crippen molar-refractivity contribution in [3.8, 4) is 0 Å². The van der Waals surface area contributed by atoms with E-state index in [1.807, 2.05) is 51.1 Å². The molecule has 3 nitrogen and oxygen atoms in total. The van der Waals surface area contributed by atoms with Crippen LogP contribution in [0.3, 0.4) is 0 Å². The van der Waals surface area contributed by atoms with Crippen molar-refractivity contribution in [2.24, 2.45) is 0 Å². The number of amides is 2. The molecule has 0 atom stereocenters. The Kier molecular flexibility index (Phi) is 5.27. The number of nitrogens with one attached hydrogen (secondary N) is 1. The van der Waals surface area contributed by atoms with Crippen LogP contribution in [0.5, 0.6) is 0 Å². The van der Waals surface area contributed by atoms with Gasteiger partial charge in [0.05, 0.1) is 0 Å². The summed E-state index contributed by atoms with van der Waals surface area (Å²) in [6.45, 7) is 7.43. The van der Waals surface area contributed by atoms with Gasteiger partial charge in [-0.25, -0.2) is 4.79 Å². The molecule has 3 heteroatoms. The molecule has 0 aliphatic heterocycles. The van der Waals surface area contributed by atoms with Gasteiger partial charge >= 0.3 is 6.03 Å². The monoisotopic (exact) mass is 232 g/mol. The van der Waals surface area contributed by atoms with Crippen molar-refractivity contribution in [3.05, 3.63) is 41.6 Å². The molecular weight excluding hydrogens is 212 g/mol. The fourth-order valence-corrected chi connectivity index (χ4v) is 1.58. The van der Waals surface area contributed by atoms with E-state index in [-0.39, 0.29) is 6.03 Å². The summed E-state index contributed by atoms with van der Waals surface area (Å²) in [5.74, 6) is 0. The van der Waals surface area contributed by atoms with Gasteiger partial charge in [0.2, 0.25) is 0 Å². The lowest BCUT2D eigenvalue weighted by Gasteiger charge is -2.17. The Labute approximate surface area is 103 Å². The normalized spacial score (nSPS) is 10.5. The van der Waals surface area contributed by atoms with E-state index < -0.39 is 0 Å². The first kappa shape index (κ1) is 13.3. The van der Waals surface area contributed by atoms with Gasteiger partial charge in [0.25, 0.3) is 0 Å². The van der Waals surface area contributed by atoms with Gasteiger partial charge in [-0.05, 0) is 38.0 Å². The topological polar surface area (TPSA) is 32.3 Å². The van der Waals surface area contributed by atoms with E-state index in [4.69, 9.17) is 0 Å². The molecule has 0 bridgehead atoms. The molecule has 2 amide bonds. The maximum absolute atomic E-state index is 11.6. The van der Waals surface area contributed by atoms with Gasteiger partial charge in [-0.3, -0.25) is 0 Å². The number of benzene rings is 1. The molecule has 1 aromatic carbocycles. The predicted molar refractivity (Wildman–Crippen MR) is 71.7 cm³/mol.